The number of amidine groups is 1. The van der Waals surface area contributed by atoms with E-state index in [0.29, 0.717) is 5.84 Å². The largest absolute Gasteiger partial charge is 0.409 e. The Morgan fingerprint density at radius 2 is 2.29 bits per heavy atom. The molecule has 0 aromatic heterocycles. The maximum atomic E-state index is 8.70. The maximum Gasteiger partial charge on any atom is 0.144 e. The van der Waals surface area contributed by atoms with E-state index in [-0.39, 0.29) is 5.41 Å². The monoisotopic (exact) mass is 259 g/mol. The normalized spacial score (nSPS) is 22.4. The standard InChI is InChI=1S/C12H25N3OS/c1-12(2,11(13)14-16)6-4-7-15(3)10-5-8-17-9-10/h10,16H,4-9H2,1-3H3,(H2,13,14). The zero-order valence-corrected chi connectivity index (χ0v) is 12.0. The predicted molar refractivity (Wildman–Crippen MR) is 74.8 cm³/mol. The van der Waals surface area contributed by atoms with Gasteiger partial charge >= 0.3 is 0 Å². The molecule has 1 aliphatic rings. The quantitative estimate of drug-likeness (QED) is 0.331. The van der Waals surface area contributed by atoms with E-state index in [1.54, 1.807) is 0 Å². The van der Waals surface area contributed by atoms with Gasteiger partial charge in [-0.3, -0.25) is 0 Å². The number of oxime groups is 1. The molecule has 1 rings (SSSR count). The van der Waals surface area contributed by atoms with Crippen molar-refractivity contribution in [1.82, 2.24) is 4.90 Å². The van der Waals surface area contributed by atoms with Crippen LogP contribution in [-0.4, -0.2) is 47.1 Å². The molecule has 1 heterocycles. The van der Waals surface area contributed by atoms with Crippen LogP contribution in [0.1, 0.15) is 33.1 Å². The summed E-state index contributed by atoms with van der Waals surface area (Å²) >= 11 is 2.04. The predicted octanol–water partition coefficient (Wildman–Crippen LogP) is 1.98. The molecule has 0 saturated carbocycles. The molecule has 3 N–H and O–H groups in total. The molecule has 5 heteroatoms. The lowest BCUT2D eigenvalue weighted by atomic mass is 9.86. The van der Waals surface area contributed by atoms with Gasteiger partial charge in [0.1, 0.15) is 5.84 Å². The summed E-state index contributed by atoms with van der Waals surface area (Å²) in [6.45, 7) is 5.13. The summed E-state index contributed by atoms with van der Waals surface area (Å²) in [7, 11) is 2.20. The first-order valence-electron chi connectivity index (χ1n) is 6.23. The third-order valence-electron chi connectivity index (χ3n) is 3.64. The second-order valence-corrected chi connectivity index (χ2v) is 6.62. The summed E-state index contributed by atoms with van der Waals surface area (Å²) in [5.74, 6) is 2.89. The van der Waals surface area contributed by atoms with Gasteiger partial charge in [0.25, 0.3) is 0 Å². The summed E-state index contributed by atoms with van der Waals surface area (Å²) in [4.78, 5) is 2.45. The van der Waals surface area contributed by atoms with Gasteiger partial charge in [-0.2, -0.15) is 11.8 Å². The van der Waals surface area contributed by atoms with Gasteiger partial charge in [-0.25, -0.2) is 0 Å². The van der Waals surface area contributed by atoms with Crippen molar-refractivity contribution in [3.8, 4) is 0 Å². The minimum absolute atomic E-state index is 0.208. The van der Waals surface area contributed by atoms with Crippen LogP contribution in [0, 0.1) is 5.41 Å². The molecule has 0 radical (unpaired) electrons. The van der Waals surface area contributed by atoms with Crippen LogP contribution >= 0.6 is 11.8 Å². The lowest BCUT2D eigenvalue weighted by Gasteiger charge is -2.27. The molecule has 1 unspecified atom stereocenters. The summed E-state index contributed by atoms with van der Waals surface area (Å²) in [6.07, 6.45) is 3.35. The van der Waals surface area contributed by atoms with Crippen LogP contribution in [0.2, 0.25) is 0 Å². The van der Waals surface area contributed by atoms with Crippen LogP contribution in [0.15, 0.2) is 5.16 Å². The Balaban J connectivity index is 2.27. The summed E-state index contributed by atoms with van der Waals surface area (Å²) in [6, 6.07) is 0.743. The Kier molecular flexibility index (Phi) is 5.59. The van der Waals surface area contributed by atoms with Gasteiger partial charge in [0.15, 0.2) is 0 Å². The van der Waals surface area contributed by atoms with E-state index < -0.39 is 0 Å². The van der Waals surface area contributed by atoms with Gasteiger partial charge in [-0.1, -0.05) is 19.0 Å². The van der Waals surface area contributed by atoms with Crippen molar-refractivity contribution in [3.63, 3.8) is 0 Å². The van der Waals surface area contributed by atoms with E-state index in [1.807, 2.05) is 25.6 Å². The average Bonchev–Trinajstić information content (AvgIpc) is 2.80. The number of nitrogens with zero attached hydrogens (tertiary/aromatic N) is 2. The van der Waals surface area contributed by atoms with E-state index in [4.69, 9.17) is 10.9 Å². The van der Waals surface area contributed by atoms with Gasteiger partial charge in [0, 0.05) is 17.2 Å². The summed E-state index contributed by atoms with van der Waals surface area (Å²) in [5, 5.41) is 11.8. The fourth-order valence-corrected chi connectivity index (χ4v) is 3.38. The Labute approximate surface area is 109 Å². The van der Waals surface area contributed by atoms with Gasteiger partial charge in [0.05, 0.1) is 0 Å². The highest BCUT2D eigenvalue weighted by Gasteiger charge is 2.24. The lowest BCUT2D eigenvalue weighted by Crippen LogP contribution is -2.35. The van der Waals surface area contributed by atoms with E-state index in [0.717, 1.165) is 25.4 Å². The molecule has 1 fully saturated rings. The van der Waals surface area contributed by atoms with Crippen LogP contribution < -0.4 is 5.73 Å². The van der Waals surface area contributed by atoms with Crippen LogP contribution in [-0.2, 0) is 0 Å². The lowest BCUT2D eigenvalue weighted by molar-refractivity contribution is 0.245. The molecular weight excluding hydrogens is 234 g/mol. The summed E-state index contributed by atoms with van der Waals surface area (Å²) in [5.41, 5.74) is 5.46. The number of nitrogens with two attached hydrogens (primary N) is 1. The van der Waals surface area contributed by atoms with Crippen molar-refractivity contribution >= 4 is 17.6 Å². The van der Waals surface area contributed by atoms with Crippen molar-refractivity contribution < 1.29 is 5.21 Å². The number of hydrogen-bond acceptors (Lipinski definition) is 4. The molecule has 17 heavy (non-hydrogen) atoms. The number of rotatable bonds is 6. The second-order valence-electron chi connectivity index (χ2n) is 5.47. The number of hydrogen-bond donors (Lipinski definition) is 2. The molecular formula is C12H25N3OS. The van der Waals surface area contributed by atoms with Crippen LogP contribution in [0.25, 0.3) is 0 Å². The highest BCUT2D eigenvalue weighted by Crippen LogP contribution is 2.24. The molecule has 0 amide bonds. The molecule has 0 aliphatic carbocycles. The van der Waals surface area contributed by atoms with E-state index in [1.165, 1.54) is 17.9 Å². The molecule has 4 nitrogen and oxygen atoms in total. The third-order valence-corrected chi connectivity index (χ3v) is 4.79. The fraction of sp³-hybridized carbons (Fsp3) is 0.917. The smallest absolute Gasteiger partial charge is 0.144 e. The molecule has 1 aliphatic heterocycles. The van der Waals surface area contributed by atoms with Gasteiger partial charge in [0.2, 0.25) is 0 Å². The number of thioether (sulfide) groups is 1. The van der Waals surface area contributed by atoms with Crippen LogP contribution in [0.3, 0.4) is 0 Å². The van der Waals surface area contributed by atoms with E-state index in [9.17, 15) is 0 Å². The molecule has 1 atom stereocenters. The van der Waals surface area contributed by atoms with Crippen molar-refractivity contribution in [3.05, 3.63) is 0 Å². The first-order valence-corrected chi connectivity index (χ1v) is 7.39. The minimum atomic E-state index is -0.208. The molecule has 1 saturated heterocycles. The molecule has 0 spiro atoms. The Bertz CT molecular complexity index is 262. The Morgan fingerprint density at radius 3 is 2.82 bits per heavy atom. The minimum Gasteiger partial charge on any atom is -0.409 e. The third kappa shape index (κ3) is 4.39. The highest BCUT2D eigenvalue weighted by molar-refractivity contribution is 7.99. The Hall–Kier alpha value is -0.420. The zero-order valence-electron chi connectivity index (χ0n) is 11.1. The fourth-order valence-electron chi connectivity index (χ4n) is 2.09. The average molecular weight is 259 g/mol. The van der Waals surface area contributed by atoms with Gasteiger partial charge < -0.3 is 15.8 Å². The van der Waals surface area contributed by atoms with Crippen molar-refractivity contribution in [2.45, 2.75) is 39.2 Å². The SMILES string of the molecule is CN(CCCC(C)(C)C(N)=NO)C1CCSC1. The topological polar surface area (TPSA) is 61.8 Å². The second kappa shape index (κ2) is 6.50. The summed E-state index contributed by atoms with van der Waals surface area (Å²) < 4.78 is 0. The Morgan fingerprint density at radius 1 is 1.59 bits per heavy atom. The highest BCUT2D eigenvalue weighted by atomic mass is 32.2. The molecule has 0 aromatic rings. The van der Waals surface area contributed by atoms with Crippen molar-refractivity contribution in [2.75, 3.05) is 25.1 Å². The molecule has 100 valence electrons. The van der Waals surface area contributed by atoms with Gasteiger partial charge in [-0.15, -0.1) is 0 Å². The van der Waals surface area contributed by atoms with Crippen molar-refractivity contribution in [2.24, 2.45) is 16.3 Å². The first-order chi connectivity index (χ1) is 7.97. The molecule has 0 aromatic carbocycles. The first kappa shape index (κ1) is 14.6. The van der Waals surface area contributed by atoms with E-state index >= 15 is 0 Å². The van der Waals surface area contributed by atoms with Gasteiger partial charge in [-0.05, 0) is 38.6 Å². The van der Waals surface area contributed by atoms with E-state index in [2.05, 4.69) is 17.1 Å². The maximum absolute atomic E-state index is 8.70. The van der Waals surface area contributed by atoms with Crippen molar-refractivity contribution in [1.29, 1.82) is 0 Å². The zero-order chi connectivity index (χ0) is 12.9. The van der Waals surface area contributed by atoms with Crippen LogP contribution in [0.5, 0.6) is 0 Å². The van der Waals surface area contributed by atoms with Crippen LogP contribution in [0.4, 0.5) is 0 Å². The molecule has 0 bridgehead atoms.